The van der Waals surface area contributed by atoms with Gasteiger partial charge in [0.25, 0.3) is 0 Å². The van der Waals surface area contributed by atoms with E-state index in [4.69, 9.17) is 9.47 Å². The predicted molar refractivity (Wildman–Crippen MR) is 115 cm³/mol. The number of rotatable bonds is 5. The molecule has 0 fully saturated rings. The summed E-state index contributed by atoms with van der Waals surface area (Å²) in [6.45, 7) is 0.942. The van der Waals surface area contributed by atoms with E-state index in [1.807, 2.05) is 72.8 Å². The molecule has 0 radical (unpaired) electrons. The van der Waals surface area contributed by atoms with Gasteiger partial charge in [0.2, 0.25) is 0 Å². The fraction of sp³-hybridized carbons (Fsp3) is 0.154. The first-order valence-corrected chi connectivity index (χ1v) is 9.83. The van der Waals surface area contributed by atoms with E-state index in [0.29, 0.717) is 13.2 Å². The van der Waals surface area contributed by atoms with E-state index in [2.05, 4.69) is 18.2 Å². The molecule has 0 saturated heterocycles. The smallest absolute Gasteiger partial charge is 0.124 e. The van der Waals surface area contributed by atoms with Gasteiger partial charge in [0.05, 0.1) is 12.0 Å². The molecule has 144 valence electrons. The molecule has 0 saturated carbocycles. The molecular formula is C26H22O3. The molecule has 1 aliphatic heterocycles. The summed E-state index contributed by atoms with van der Waals surface area (Å²) in [6, 6.07) is 30.5. The lowest BCUT2D eigenvalue weighted by atomic mass is 9.75. The van der Waals surface area contributed by atoms with Gasteiger partial charge >= 0.3 is 0 Å². The summed E-state index contributed by atoms with van der Waals surface area (Å²) in [4.78, 5) is 0. The van der Waals surface area contributed by atoms with Gasteiger partial charge in [-0.05, 0) is 40.1 Å². The highest BCUT2D eigenvalue weighted by molar-refractivity contribution is 5.90. The molecule has 3 heteroatoms. The van der Waals surface area contributed by atoms with Crippen LogP contribution in [-0.4, -0.2) is 18.3 Å². The average Bonchev–Trinajstić information content (AvgIpc) is 3.19. The quantitative estimate of drug-likeness (QED) is 0.523. The second-order valence-corrected chi connectivity index (χ2v) is 7.49. The first-order valence-electron chi connectivity index (χ1n) is 9.83. The molecule has 0 amide bonds. The van der Waals surface area contributed by atoms with Crippen molar-refractivity contribution in [3.63, 3.8) is 0 Å². The van der Waals surface area contributed by atoms with Gasteiger partial charge in [-0.1, -0.05) is 72.8 Å². The molecule has 1 atom stereocenters. The average molecular weight is 382 g/mol. The van der Waals surface area contributed by atoms with Gasteiger partial charge in [0.15, 0.2) is 0 Å². The van der Waals surface area contributed by atoms with Crippen LogP contribution in [0.2, 0.25) is 0 Å². The zero-order chi connectivity index (χ0) is 19.7. The molecule has 4 aromatic carbocycles. The predicted octanol–water partition coefficient (Wildman–Crippen LogP) is 5.09. The SMILES string of the molecule is OC[C@]1(c2ccc(OCc3ccccc3)cc2)COc2ccc3ccccc3c21. The largest absolute Gasteiger partial charge is 0.492 e. The molecule has 0 aromatic heterocycles. The van der Waals surface area contributed by atoms with E-state index in [0.717, 1.165) is 39.0 Å². The lowest BCUT2D eigenvalue weighted by Gasteiger charge is -2.27. The van der Waals surface area contributed by atoms with E-state index in [-0.39, 0.29) is 6.61 Å². The summed E-state index contributed by atoms with van der Waals surface area (Å²) in [5.74, 6) is 1.66. The van der Waals surface area contributed by atoms with Crippen LogP contribution in [0.15, 0.2) is 91.0 Å². The van der Waals surface area contributed by atoms with Gasteiger partial charge in [-0.2, -0.15) is 0 Å². The third-order valence-electron chi connectivity index (χ3n) is 5.77. The fourth-order valence-corrected chi connectivity index (χ4v) is 4.19. The van der Waals surface area contributed by atoms with E-state index in [9.17, 15) is 5.11 Å². The van der Waals surface area contributed by atoms with Crippen molar-refractivity contribution >= 4 is 10.8 Å². The standard InChI is InChI=1S/C26H22O3/c27-17-26(18-29-24-15-10-20-8-4-5-9-23(20)25(24)26)21-11-13-22(14-12-21)28-16-19-6-2-1-3-7-19/h1-15,27H,16-18H2/t26-/m1/s1. The normalized spacial score (nSPS) is 17.7. The van der Waals surface area contributed by atoms with Crippen LogP contribution in [0.3, 0.4) is 0 Å². The van der Waals surface area contributed by atoms with Gasteiger partial charge in [0.1, 0.15) is 24.7 Å². The van der Waals surface area contributed by atoms with Crippen LogP contribution in [0.5, 0.6) is 11.5 Å². The molecule has 3 nitrogen and oxygen atoms in total. The lowest BCUT2D eigenvalue weighted by Crippen LogP contribution is -2.34. The van der Waals surface area contributed by atoms with Crippen LogP contribution in [0.25, 0.3) is 10.8 Å². The Bertz CT molecular complexity index is 1140. The molecule has 0 unspecified atom stereocenters. The highest BCUT2D eigenvalue weighted by atomic mass is 16.5. The van der Waals surface area contributed by atoms with E-state index < -0.39 is 5.41 Å². The zero-order valence-corrected chi connectivity index (χ0v) is 16.0. The highest BCUT2D eigenvalue weighted by Crippen LogP contribution is 2.47. The zero-order valence-electron chi connectivity index (χ0n) is 16.0. The van der Waals surface area contributed by atoms with Crippen molar-refractivity contribution in [1.29, 1.82) is 0 Å². The fourth-order valence-electron chi connectivity index (χ4n) is 4.19. The van der Waals surface area contributed by atoms with Gasteiger partial charge < -0.3 is 14.6 Å². The third-order valence-corrected chi connectivity index (χ3v) is 5.77. The number of benzene rings is 4. The lowest BCUT2D eigenvalue weighted by molar-refractivity contribution is 0.185. The first kappa shape index (κ1) is 17.8. The van der Waals surface area contributed by atoms with Crippen LogP contribution >= 0.6 is 0 Å². The van der Waals surface area contributed by atoms with Crippen molar-refractivity contribution in [2.45, 2.75) is 12.0 Å². The number of aliphatic hydroxyl groups excluding tert-OH is 1. The minimum absolute atomic E-state index is 0.0156. The third kappa shape index (κ3) is 3.04. The first-order chi connectivity index (χ1) is 14.3. The Morgan fingerprint density at radius 3 is 2.38 bits per heavy atom. The second-order valence-electron chi connectivity index (χ2n) is 7.49. The molecule has 1 N–H and O–H groups in total. The Labute approximate surface area is 170 Å². The topological polar surface area (TPSA) is 38.7 Å². The Kier molecular flexibility index (Phi) is 4.45. The molecule has 1 heterocycles. The van der Waals surface area contributed by atoms with Crippen molar-refractivity contribution in [2.75, 3.05) is 13.2 Å². The van der Waals surface area contributed by atoms with Crippen molar-refractivity contribution in [3.8, 4) is 11.5 Å². The number of fused-ring (bicyclic) bond motifs is 3. The van der Waals surface area contributed by atoms with Gasteiger partial charge in [0, 0.05) is 5.56 Å². The van der Waals surface area contributed by atoms with Crippen LogP contribution in [0.1, 0.15) is 16.7 Å². The van der Waals surface area contributed by atoms with E-state index >= 15 is 0 Å². The maximum atomic E-state index is 10.5. The van der Waals surface area contributed by atoms with Crippen molar-refractivity contribution < 1.29 is 14.6 Å². The Morgan fingerprint density at radius 1 is 0.828 bits per heavy atom. The van der Waals surface area contributed by atoms with Crippen molar-refractivity contribution in [1.82, 2.24) is 0 Å². The summed E-state index contributed by atoms with van der Waals surface area (Å²) in [7, 11) is 0. The molecule has 1 aliphatic rings. The molecule has 0 spiro atoms. The summed E-state index contributed by atoms with van der Waals surface area (Å²) in [6.07, 6.45) is 0. The number of aliphatic hydroxyl groups is 1. The Balaban J connectivity index is 1.48. The van der Waals surface area contributed by atoms with E-state index in [1.54, 1.807) is 0 Å². The monoisotopic (exact) mass is 382 g/mol. The maximum Gasteiger partial charge on any atom is 0.124 e. The summed E-state index contributed by atoms with van der Waals surface area (Å²) in [5.41, 5.74) is 2.65. The molecule has 5 rings (SSSR count). The minimum Gasteiger partial charge on any atom is -0.492 e. The molecule has 0 bridgehead atoms. The Hall–Kier alpha value is -3.30. The second kappa shape index (κ2) is 7.26. The van der Waals surface area contributed by atoms with Crippen LogP contribution in [0, 0.1) is 0 Å². The Morgan fingerprint density at radius 2 is 1.59 bits per heavy atom. The van der Waals surface area contributed by atoms with Gasteiger partial charge in [-0.15, -0.1) is 0 Å². The number of hydrogen-bond acceptors (Lipinski definition) is 3. The molecule has 0 aliphatic carbocycles. The van der Waals surface area contributed by atoms with Gasteiger partial charge in [-0.3, -0.25) is 0 Å². The molecule has 29 heavy (non-hydrogen) atoms. The summed E-state index contributed by atoms with van der Waals surface area (Å²) in [5, 5.41) is 12.8. The van der Waals surface area contributed by atoms with Crippen LogP contribution < -0.4 is 9.47 Å². The minimum atomic E-state index is -0.575. The van der Waals surface area contributed by atoms with E-state index in [1.165, 1.54) is 0 Å². The molecular weight excluding hydrogens is 360 g/mol. The summed E-state index contributed by atoms with van der Waals surface area (Å²) >= 11 is 0. The van der Waals surface area contributed by atoms with Crippen LogP contribution in [-0.2, 0) is 12.0 Å². The molecule has 4 aromatic rings. The van der Waals surface area contributed by atoms with Crippen molar-refractivity contribution in [2.24, 2.45) is 0 Å². The van der Waals surface area contributed by atoms with Crippen molar-refractivity contribution in [3.05, 3.63) is 108 Å². The van der Waals surface area contributed by atoms with Crippen LogP contribution in [0.4, 0.5) is 0 Å². The van der Waals surface area contributed by atoms with Gasteiger partial charge in [-0.25, -0.2) is 0 Å². The maximum absolute atomic E-state index is 10.5. The summed E-state index contributed by atoms with van der Waals surface area (Å²) < 4.78 is 11.9. The highest BCUT2D eigenvalue weighted by Gasteiger charge is 2.43. The number of ether oxygens (including phenoxy) is 2. The number of hydrogen-bond donors (Lipinski definition) is 1.